The number of imidazole rings is 1. The first-order valence-electron chi connectivity index (χ1n) is 8.81. The van der Waals surface area contributed by atoms with E-state index >= 15 is 0 Å². The molecule has 8 nitrogen and oxygen atoms in total. The Bertz CT molecular complexity index is 1130. The minimum absolute atomic E-state index is 0.372. The highest BCUT2D eigenvalue weighted by molar-refractivity contribution is 7.98. The number of thioether (sulfide) groups is 1. The monoisotopic (exact) mass is 412 g/mol. The van der Waals surface area contributed by atoms with Gasteiger partial charge in [-0.25, -0.2) is 4.98 Å². The van der Waals surface area contributed by atoms with E-state index in [1.54, 1.807) is 33.5 Å². The van der Waals surface area contributed by atoms with Crippen LogP contribution in [-0.2, 0) is 12.8 Å². The number of para-hydroxylation sites is 2. The molecule has 0 aliphatic heterocycles. The molecule has 0 aliphatic carbocycles. The molecular formula is C20H20N4O4S. The Kier molecular flexibility index (Phi) is 5.30. The van der Waals surface area contributed by atoms with Gasteiger partial charge in [0.25, 0.3) is 5.22 Å². The summed E-state index contributed by atoms with van der Waals surface area (Å²) in [4.78, 5) is 4.66. The highest BCUT2D eigenvalue weighted by Gasteiger charge is 2.18. The molecule has 2 aromatic carbocycles. The van der Waals surface area contributed by atoms with Crippen LogP contribution in [0.2, 0.25) is 0 Å². The molecule has 29 heavy (non-hydrogen) atoms. The van der Waals surface area contributed by atoms with Gasteiger partial charge < -0.3 is 23.2 Å². The molecule has 0 aliphatic rings. The van der Waals surface area contributed by atoms with Gasteiger partial charge in [-0.05, 0) is 24.3 Å². The lowest BCUT2D eigenvalue weighted by atomic mass is 10.2. The third-order valence-electron chi connectivity index (χ3n) is 4.52. The maximum Gasteiger partial charge on any atom is 0.277 e. The second-order valence-electron chi connectivity index (χ2n) is 6.15. The number of nitrogens with zero attached hydrogens (tertiary/aromatic N) is 4. The summed E-state index contributed by atoms with van der Waals surface area (Å²) in [5.41, 5.74) is 2.74. The number of aromatic nitrogens is 4. The minimum Gasteiger partial charge on any atom is -0.493 e. The summed E-state index contributed by atoms with van der Waals surface area (Å²) in [7, 11) is 6.68. The zero-order chi connectivity index (χ0) is 20.4. The van der Waals surface area contributed by atoms with Crippen molar-refractivity contribution in [3.05, 3.63) is 42.2 Å². The van der Waals surface area contributed by atoms with Gasteiger partial charge in [-0.2, -0.15) is 0 Å². The summed E-state index contributed by atoms with van der Waals surface area (Å²) in [6.45, 7) is 0. The van der Waals surface area contributed by atoms with Crippen LogP contribution in [0.25, 0.3) is 22.5 Å². The van der Waals surface area contributed by atoms with Crippen LogP contribution in [0.4, 0.5) is 0 Å². The van der Waals surface area contributed by atoms with E-state index in [0.717, 1.165) is 16.9 Å². The highest BCUT2D eigenvalue weighted by Crippen LogP contribution is 2.41. The predicted octanol–water partition coefficient (Wildman–Crippen LogP) is 3.94. The van der Waals surface area contributed by atoms with Gasteiger partial charge in [-0.3, -0.25) is 0 Å². The van der Waals surface area contributed by atoms with Gasteiger partial charge in [0.05, 0.1) is 38.1 Å². The van der Waals surface area contributed by atoms with Crippen molar-refractivity contribution >= 4 is 22.8 Å². The highest BCUT2D eigenvalue weighted by atomic mass is 32.2. The van der Waals surface area contributed by atoms with Crippen molar-refractivity contribution in [2.75, 3.05) is 21.3 Å². The average Bonchev–Trinajstić information content (AvgIpc) is 3.36. The molecular weight excluding hydrogens is 392 g/mol. The number of rotatable bonds is 7. The van der Waals surface area contributed by atoms with Crippen molar-refractivity contribution in [1.29, 1.82) is 0 Å². The Balaban J connectivity index is 1.56. The standard InChI is InChI=1S/C20H20N4O4S/c1-24-14-8-6-5-7-13(14)21-17(24)11-29-20-23-22-19(28-20)12-9-15(25-2)18(27-4)16(10-12)26-3/h5-10H,11H2,1-4H3. The third kappa shape index (κ3) is 3.61. The number of hydrogen-bond acceptors (Lipinski definition) is 8. The summed E-state index contributed by atoms with van der Waals surface area (Å²) in [5, 5.41) is 8.75. The smallest absolute Gasteiger partial charge is 0.277 e. The first-order valence-corrected chi connectivity index (χ1v) is 9.80. The van der Waals surface area contributed by atoms with E-state index in [1.807, 2.05) is 31.3 Å². The molecule has 150 valence electrons. The molecule has 0 saturated heterocycles. The van der Waals surface area contributed by atoms with E-state index in [0.29, 0.717) is 39.7 Å². The summed E-state index contributed by atoms with van der Waals surface area (Å²) < 4.78 is 24.0. The second kappa shape index (κ2) is 8.04. The number of fused-ring (bicyclic) bond motifs is 1. The Morgan fingerprint density at radius 3 is 2.38 bits per heavy atom. The molecule has 0 fully saturated rings. The maximum atomic E-state index is 5.83. The van der Waals surface area contributed by atoms with Crippen molar-refractivity contribution in [2.24, 2.45) is 7.05 Å². The Hall–Kier alpha value is -3.20. The van der Waals surface area contributed by atoms with Gasteiger partial charge in [-0.15, -0.1) is 10.2 Å². The van der Waals surface area contributed by atoms with E-state index in [1.165, 1.54) is 11.8 Å². The molecule has 0 amide bonds. The topological polar surface area (TPSA) is 84.4 Å². The van der Waals surface area contributed by atoms with E-state index in [2.05, 4.69) is 19.7 Å². The van der Waals surface area contributed by atoms with Gasteiger partial charge in [0, 0.05) is 12.6 Å². The Morgan fingerprint density at radius 2 is 1.72 bits per heavy atom. The largest absolute Gasteiger partial charge is 0.493 e. The fourth-order valence-electron chi connectivity index (χ4n) is 3.04. The van der Waals surface area contributed by atoms with Crippen LogP contribution in [-0.4, -0.2) is 41.1 Å². The lowest BCUT2D eigenvalue weighted by Gasteiger charge is -2.12. The summed E-state index contributed by atoms with van der Waals surface area (Å²) >= 11 is 1.44. The first kappa shape index (κ1) is 19.1. The molecule has 4 rings (SSSR count). The zero-order valence-corrected chi connectivity index (χ0v) is 17.3. The number of methoxy groups -OCH3 is 3. The van der Waals surface area contributed by atoms with E-state index in [-0.39, 0.29) is 0 Å². The first-order chi connectivity index (χ1) is 14.1. The molecule has 4 aromatic rings. The number of ether oxygens (including phenoxy) is 3. The van der Waals surface area contributed by atoms with Crippen molar-refractivity contribution in [2.45, 2.75) is 11.0 Å². The quantitative estimate of drug-likeness (QED) is 0.422. The van der Waals surface area contributed by atoms with Crippen LogP contribution in [0.5, 0.6) is 17.2 Å². The third-order valence-corrected chi connectivity index (χ3v) is 5.34. The van der Waals surface area contributed by atoms with Crippen molar-refractivity contribution < 1.29 is 18.6 Å². The maximum absolute atomic E-state index is 5.83. The fourth-order valence-corrected chi connectivity index (χ4v) is 3.79. The number of benzene rings is 2. The van der Waals surface area contributed by atoms with Crippen LogP contribution < -0.4 is 14.2 Å². The van der Waals surface area contributed by atoms with E-state index in [4.69, 9.17) is 18.6 Å². The number of hydrogen-bond donors (Lipinski definition) is 0. The summed E-state index contributed by atoms with van der Waals surface area (Å²) in [5.74, 6) is 3.47. The van der Waals surface area contributed by atoms with Gasteiger partial charge >= 0.3 is 0 Å². The lowest BCUT2D eigenvalue weighted by Crippen LogP contribution is -1.95. The molecule has 0 atom stereocenters. The van der Waals surface area contributed by atoms with Crippen LogP contribution >= 0.6 is 11.8 Å². The molecule has 0 bridgehead atoms. The van der Waals surface area contributed by atoms with Crippen LogP contribution in [0.3, 0.4) is 0 Å². The van der Waals surface area contributed by atoms with Crippen molar-refractivity contribution in [3.63, 3.8) is 0 Å². The normalized spacial score (nSPS) is 11.0. The molecule has 9 heteroatoms. The number of aryl methyl sites for hydroxylation is 1. The summed E-state index contributed by atoms with van der Waals surface area (Å²) in [6, 6.07) is 11.6. The van der Waals surface area contributed by atoms with Crippen molar-refractivity contribution in [1.82, 2.24) is 19.7 Å². The fraction of sp³-hybridized carbons (Fsp3) is 0.250. The van der Waals surface area contributed by atoms with Crippen LogP contribution in [0, 0.1) is 0 Å². The lowest BCUT2D eigenvalue weighted by molar-refractivity contribution is 0.324. The summed E-state index contributed by atoms with van der Waals surface area (Å²) in [6.07, 6.45) is 0. The van der Waals surface area contributed by atoms with Crippen LogP contribution in [0.15, 0.2) is 46.0 Å². The van der Waals surface area contributed by atoms with Gasteiger partial charge in [0.1, 0.15) is 5.82 Å². The predicted molar refractivity (Wildman–Crippen MR) is 110 cm³/mol. The Morgan fingerprint density at radius 1 is 1.00 bits per heavy atom. The second-order valence-corrected chi connectivity index (χ2v) is 7.08. The Labute approximate surface area is 171 Å². The van der Waals surface area contributed by atoms with Crippen molar-refractivity contribution in [3.8, 4) is 28.7 Å². The molecule has 2 aromatic heterocycles. The minimum atomic E-state index is 0.372. The zero-order valence-electron chi connectivity index (χ0n) is 16.5. The molecule has 0 radical (unpaired) electrons. The van der Waals surface area contributed by atoms with E-state index < -0.39 is 0 Å². The van der Waals surface area contributed by atoms with Crippen LogP contribution in [0.1, 0.15) is 5.82 Å². The average molecular weight is 412 g/mol. The van der Waals surface area contributed by atoms with Gasteiger partial charge in [0.2, 0.25) is 11.6 Å². The SMILES string of the molecule is COc1cc(-c2nnc(SCc3nc4ccccc4n3C)o2)cc(OC)c1OC. The van der Waals surface area contributed by atoms with Gasteiger partial charge in [0.15, 0.2) is 11.5 Å². The van der Waals surface area contributed by atoms with Gasteiger partial charge in [-0.1, -0.05) is 23.9 Å². The molecule has 0 unspecified atom stereocenters. The van der Waals surface area contributed by atoms with E-state index in [9.17, 15) is 0 Å². The molecule has 0 saturated carbocycles. The molecule has 0 N–H and O–H groups in total. The molecule has 2 heterocycles. The molecule has 0 spiro atoms.